The Kier molecular flexibility index (Phi) is 9.33. The molecule has 3 aromatic carbocycles. The molecule has 0 radical (unpaired) electrons. The van der Waals surface area contributed by atoms with Crippen molar-refractivity contribution in [2.75, 3.05) is 0 Å². The minimum atomic E-state index is -6.09. The van der Waals surface area contributed by atoms with Gasteiger partial charge in [0.1, 0.15) is 42.4 Å². The highest BCUT2D eigenvalue weighted by atomic mass is 19.4. The van der Waals surface area contributed by atoms with Gasteiger partial charge in [-0.25, -0.2) is 43.9 Å². The summed E-state index contributed by atoms with van der Waals surface area (Å²) >= 11 is 0. The van der Waals surface area contributed by atoms with Crippen LogP contribution in [0, 0.1) is 94.0 Å². The van der Waals surface area contributed by atoms with Crippen molar-refractivity contribution in [2.45, 2.75) is 25.6 Å². The van der Waals surface area contributed by atoms with E-state index in [1.165, 1.54) is 0 Å². The van der Waals surface area contributed by atoms with Gasteiger partial charge >= 0.3 is 18.5 Å². The molecule has 54 heavy (non-hydrogen) atoms. The first-order chi connectivity index (χ1) is 25.1. The van der Waals surface area contributed by atoms with Crippen LogP contribution in [0.5, 0.6) is 11.5 Å². The van der Waals surface area contributed by atoms with Crippen LogP contribution in [0.15, 0.2) is 22.5 Å². The molecule has 0 spiro atoms. The van der Waals surface area contributed by atoms with Crippen molar-refractivity contribution in [1.82, 2.24) is 0 Å². The maximum atomic E-state index is 15.4. The van der Waals surface area contributed by atoms with E-state index in [2.05, 4.69) is 19.2 Å². The van der Waals surface area contributed by atoms with E-state index in [9.17, 15) is 63.2 Å². The average Bonchev–Trinajstić information content (AvgIpc) is 3.67. The molecule has 0 amide bonds. The van der Waals surface area contributed by atoms with Crippen LogP contribution in [0.2, 0.25) is 0 Å². The van der Waals surface area contributed by atoms with Crippen molar-refractivity contribution in [1.29, 1.82) is 10.5 Å². The highest BCUT2D eigenvalue weighted by Crippen LogP contribution is 2.46. The Morgan fingerprint density at radius 3 is 1.11 bits per heavy atom. The third-order valence-corrected chi connectivity index (χ3v) is 7.78. The third kappa shape index (κ3) is 5.85. The Bertz CT molecular complexity index is 2360. The number of ether oxygens (including phenoxy) is 2. The molecule has 0 bridgehead atoms. The molecular formula is C32H4F16N4O2. The fourth-order valence-corrected chi connectivity index (χ4v) is 5.88. The van der Waals surface area contributed by atoms with Crippen molar-refractivity contribution >= 4 is 11.1 Å². The molecule has 2 aliphatic carbocycles. The van der Waals surface area contributed by atoms with Crippen LogP contribution in [0.25, 0.3) is 20.8 Å². The van der Waals surface area contributed by atoms with Crippen LogP contribution in [-0.4, -0.2) is 12.7 Å². The lowest BCUT2D eigenvalue weighted by molar-refractivity contribution is -0.277. The SMILES string of the molecule is [C-]#[N+]C([N+]#[C-])=C1Cc2c(OC(F)(F)F)c3c(c(OC(F)(F)F)c2=C1c1c(F)c(F)c(F)c(F)c1F)CC(=C(C#N)C#N)C=3c1c(F)c(F)c(F)c(F)c1F. The average molecular weight is 780 g/mol. The minimum Gasteiger partial charge on any atom is -0.405 e. The molecule has 0 heterocycles. The van der Waals surface area contributed by atoms with Gasteiger partial charge in [-0.2, -0.15) is 20.2 Å². The molecule has 22 heteroatoms. The van der Waals surface area contributed by atoms with Crippen LogP contribution in [0.3, 0.4) is 0 Å². The number of allylic oxidation sites excluding steroid dienone is 3. The van der Waals surface area contributed by atoms with E-state index < -0.39 is 162 Å². The van der Waals surface area contributed by atoms with Gasteiger partial charge < -0.3 is 9.47 Å². The Labute approximate surface area is 287 Å². The molecule has 0 fully saturated rings. The predicted molar refractivity (Wildman–Crippen MR) is 142 cm³/mol. The largest absolute Gasteiger partial charge is 0.573 e. The van der Waals surface area contributed by atoms with Crippen molar-refractivity contribution < 1.29 is 79.7 Å². The van der Waals surface area contributed by atoms with Gasteiger partial charge in [-0.15, -0.1) is 26.3 Å². The number of hydrogen-bond donors (Lipinski definition) is 0. The number of benzene rings is 3. The highest BCUT2D eigenvalue weighted by Gasteiger charge is 2.46. The zero-order chi connectivity index (χ0) is 40.5. The molecule has 0 saturated carbocycles. The lowest BCUT2D eigenvalue weighted by atomic mass is 9.94. The normalized spacial score (nSPS) is 13.6. The fraction of sp³-hybridized carbons (Fsp3) is 0.125. The van der Waals surface area contributed by atoms with Crippen molar-refractivity contribution in [3.8, 4) is 23.6 Å². The van der Waals surface area contributed by atoms with E-state index in [0.29, 0.717) is 0 Å². The van der Waals surface area contributed by atoms with Gasteiger partial charge in [-0.05, 0) is 5.57 Å². The summed E-state index contributed by atoms with van der Waals surface area (Å²) in [5.41, 5.74) is -15.2. The monoisotopic (exact) mass is 780 g/mol. The second kappa shape index (κ2) is 13.1. The molecule has 5 rings (SSSR count). The molecule has 0 aromatic heterocycles. The zero-order valence-corrected chi connectivity index (χ0v) is 25.1. The van der Waals surface area contributed by atoms with E-state index >= 15 is 17.6 Å². The first-order valence-corrected chi connectivity index (χ1v) is 13.6. The van der Waals surface area contributed by atoms with Gasteiger partial charge in [-0.3, -0.25) is 0 Å². The molecule has 0 N–H and O–H groups in total. The maximum Gasteiger partial charge on any atom is 0.573 e. The van der Waals surface area contributed by atoms with Crippen molar-refractivity contribution in [2.24, 2.45) is 0 Å². The number of halogens is 16. The molecule has 3 aromatic rings. The summed E-state index contributed by atoms with van der Waals surface area (Å²) in [5.74, 6) is -33.9. The number of nitriles is 2. The molecular weight excluding hydrogens is 776 g/mol. The topological polar surface area (TPSA) is 74.8 Å². The number of rotatable bonds is 4. The Balaban J connectivity index is 2.30. The minimum absolute atomic E-state index is 1.07. The van der Waals surface area contributed by atoms with Gasteiger partial charge in [0, 0.05) is 45.6 Å². The highest BCUT2D eigenvalue weighted by molar-refractivity contribution is 5.92. The van der Waals surface area contributed by atoms with Gasteiger partial charge in [0.15, 0.2) is 46.5 Å². The first-order valence-electron chi connectivity index (χ1n) is 13.6. The second-order valence-electron chi connectivity index (χ2n) is 10.6. The van der Waals surface area contributed by atoms with Gasteiger partial charge in [0.2, 0.25) is 11.6 Å². The van der Waals surface area contributed by atoms with Crippen LogP contribution in [0.1, 0.15) is 22.3 Å². The quantitative estimate of drug-likeness (QED) is 0.0892. The molecule has 6 nitrogen and oxygen atoms in total. The van der Waals surface area contributed by atoms with E-state index in [-0.39, 0.29) is 0 Å². The molecule has 276 valence electrons. The first kappa shape index (κ1) is 38.5. The lowest BCUT2D eigenvalue weighted by Gasteiger charge is -2.19. The standard InChI is InChI=1S/C32H4F16N4O2/c1-51-30(52-2)11-4-10-15(13(11)17-20(35)24(39)27(42)25(40)21(17)36)28(53-31(43,44)45)9-3-8(7(5-49)6-50)12(14(9)29(10)54-32(46,47)48)16-18(33)22(37)26(41)23(38)19(16)34/h3-4H2. The predicted octanol–water partition coefficient (Wildman–Crippen LogP) is 7.78. The van der Waals surface area contributed by atoms with Crippen LogP contribution in [-0.2, 0) is 12.8 Å². The smallest absolute Gasteiger partial charge is 0.405 e. The van der Waals surface area contributed by atoms with Crippen LogP contribution >= 0.6 is 0 Å². The summed E-state index contributed by atoms with van der Waals surface area (Å²) in [6, 6.07) is 2.15. The number of nitrogens with zero attached hydrogens (tertiary/aromatic N) is 4. The van der Waals surface area contributed by atoms with Crippen molar-refractivity contribution in [3.05, 3.63) is 136 Å². The van der Waals surface area contributed by atoms with Gasteiger partial charge in [0.05, 0.1) is 16.7 Å². The number of hydrogen-bond acceptors (Lipinski definition) is 4. The fourth-order valence-electron chi connectivity index (χ4n) is 5.88. The molecule has 0 aliphatic heterocycles. The summed E-state index contributed by atoms with van der Waals surface area (Å²) in [6.07, 6.45) is -15.5. The third-order valence-electron chi connectivity index (χ3n) is 7.78. The van der Waals surface area contributed by atoms with Gasteiger partial charge in [-0.1, -0.05) is 0 Å². The number of fused-ring (bicyclic) bond motifs is 2. The van der Waals surface area contributed by atoms with E-state index in [0.717, 1.165) is 12.1 Å². The van der Waals surface area contributed by atoms with Gasteiger partial charge in [0.25, 0.3) is 0 Å². The molecule has 0 saturated heterocycles. The zero-order valence-electron chi connectivity index (χ0n) is 25.1. The van der Waals surface area contributed by atoms with Crippen LogP contribution < -0.4 is 19.9 Å². The summed E-state index contributed by atoms with van der Waals surface area (Å²) in [7, 11) is 0. The molecule has 0 atom stereocenters. The summed E-state index contributed by atoms with van der Waals surface area (Å²) < 4.78 is 240. The van der Waals surface area contributed by atoms with E-state index in [1.54, 1.807) is 0 Å². The van der Waals surface area contributed by atoms with E-state index in [4.69, 9.17) is 13.1 Å². The lowest BCUT2D eigenvalue weighted by Crippen LogP contribution is -2.32. The van der Waals surface area contributed by atoms with Crippen LogP contribution in [0.4, 0.5) is 70.2 Å². The maximum absolute atomic E-state index is 15.4. The summed E-state index contributed by atoms with van der Waals surface area (Å²) in [4.78, 5) is 5.29. The molecule has 2 aliphatic rings. The Morgan fingerprint density at radius 1 is 0.519 bits per heavy atom. The number of alkyl halides is 6. The van der Waals surface area contributed by atoms with E-state index in [1.807, 2.05) is 0 Å². The summed E-state index contributed by atoms with van der Waals surface area (Å²) in [6.45, 7) is 14.5. The Morgan fingerprint density at radius 2 is 0.815 bits per heavy atom. The van der Waals surface area contributed by atoms with Crippen molar-refractivity contribution in [3.63, 3.8) is 0 Å². The molecule has 0 unspecified atom stereocenters. The Hall–Kier alpha value is -6.68. The second-order valence-corrected chi connectivity index (χ2v) is 10.6. The summed E-state index contributed by atoms with van der Waals surface area (Å²) in [5, 5.41) is 15.7.